The van der Waals surface area contributed by atoms with Crippen LogP contribution in [0.5, 0.6) is 0 Å². The number of hydrogen-bond acceptors (Lipinski definition) is 4. The van der Waals surface area contributed by atoms with Crippen LogP contribution in [0.25, 0.3) is 0 Å². The molecule has 0 unspecified atom stereocenters. The Morgan fingerprint density at radius 2 is 1.93 bits per heavy atom. The summed E-state index contributed by atoms with van der Waals surface area (Å²) in [6.07, 6.45) is 0. The Labute approximate surface area is 83.8 Å². The van der Waals surface area contributed by atoms with Crippen molar-refractivity contribution in [3.05, 3.63) is 50.5 Å². The normalized spacial score (nSPS) is 10.5. The third-order valence-corrected chi connectivity index (χ3v) is 2.04. The van der Waals surface area contributed by atoms with Gasteiger partial charge >= 0.3 is 0 Å². The van der Waals surface area contributed by atoms with Gasteiger partial charge in [0, 0.05) is 5.69 Å². The van der Waals surface area contributed by atoms with E-state index >= 15 is 0 Å². The van der Waals surface area contributed by atoms with Crippen molar-refractivity contribution in [1.29, 1.82) is 0 Å². The van der Waals surface area contributed by atoms with Crippen molar-refractivity contribution >= 4 is 17.1 Å². The molecule has 2 aromatic carbocycles. The standard InChI is InChI=1S/C10H7FN2O2/c11-5-2-1-3-6(4-5)13-8-7(12)9(14)10(8)15/h1-4,13H,12H2. The van der Waals surface area contributed by atoms with Crippen LogP contribution in [0.3, 0.4) is 0 Å². The molecule has 0 aliphatic heterocycles. The summed E-state index contributed by atoms with van der Waals surface area (Å²) in [5.41, 5.74) is 4.23. The summed E-state index contributed by atoms with van der Waals surface area (Å²) in [5, 5.41) is 2.59. The summed E-state index contributed by atoms with van der Waals surface area (Å²) < 4.78 is 12.8. The quantitative estimate of drug-likeness (QED) is 0.711. The zero-order valence-electron chi connectivity index (χ0n) is 7.58. The van der Waals surface area contributed by atoms with Gasteiger partial charge < -0.3 is 11.1 Å². The molecular weight excluding hydrogens is 199 g/mol. The first-order chi connectivity index (χ1) is 7.09. The van der Waals surface area contributed by atoms with Crippen LogP contribution in [-0.2, 0) is 0 Å². The number of rotatable bonds is 2. The summed E-state index contributed by atoms with van der Waals surface area (Å²) in [7, 11) is 0. The van der Waals surface area contributed by atoms with Crippen molar-refractivity contribution in [3.63, 3.8) is 0 Å². The summed E-state index contributed by atoms with van der Waals surface area (Å²) in [6, 6.07) is 5.53. The number of halogens is 1. The first kappa shape index (κ1) is 9.39. The number of hydrogen-bond donors (Lipinski definition) is 2. The third kappa shape index (κ3) is 1.48. The van der Waals surface area contributed by atoms with Crippen LogP contribution in [0.1, 0.15) is 0 Å². The van der Waals surface area contributed by atoms with Crippen molar-refractivity contribution in [2.45, 2.75) is 0 Å². The van der Waals surface area contributed by atoms with Gasteiger partial charge in [0.25, 0.3) is 10.9 Å². The molecule has 0 saturated heterocycles. The van der Waals surface area contributed by atoms with Gasteiger partial charge in [-0.25, -0.2) is 4.39 Å². The highest BCUT2D eigenvalue weighted by molar-refractivity contribution is 5.76. The highest BCUT2D eigenvalue weighted by Crippen LogP contribution is 2.18. The second kappa shape index (κ2) is 3.20. The second-order valence-corrected chi connectivity index (χ2v) is 3.08. The first-order valence-electron chi connectivity index (χ1n) is 4.21. The number of anilines is 3. The fraction of sp³-hybridized carbons (Fsp3) is 0. The van der Waals surface area contributed by atoms with E-state index in [-0.39, 0.29) is 11.4 Å². The Balaban J connectivity index is 2.32. The van der Waals surface area contributed by atoms with Gasteiger partial charge in [0.1, 0.15) is 17.2 Å². The highest BCUT2D eigenvalue weighted by Gasteiger charge is 2.17. The predicted molar refractivity (Wildman–Crippen MR) is 55.4 cm³/mol. The molecule has 0 amide bonds. The van der Waals surface area contributed by atoms with Crippen LogP contribution in [0, 0.1) is 5.82 Å². The highest BCUT2D eigenvalue weighted by atomic mass is 19.1. The topological polar surface area (TPSA) is 72.2 Å². The summed E-state index contributed by atoms with van der Waals surface area (Å²) >= 11 is 0. The van der Waals surface area contributed by atoms with Crippen molar-refractivity contribution in [2.75, 3.05) is 11.1 Å². The van der Waals surface area contributed by atoms with E-state index in [9.17, 15) is 14.0 Å². The molecule has 0 saturated carbocycles. The Hall–Kier alpha value is -2.17. The monoisotopic (exact) mass is 206 g/mol. The van der Waals surface area contributed by atoms with E-state index in [0.29, 0.717) is 5.69 Å². The summed E-state index contributed by atoms with van der Waals surface area (Å²) in [4.78, 5) is 21.8. The lowest BCUT2D eigenvalue weighted by Gasteiger charge is -2.09. The fourth-order valence-corrected chi connectivity index (χ4v) is 1.24. The smallest absolute Gasteiger partial charge is 0.253 e. The molecule has 0 aliphatic rings. The zero-order valence-corrected chi connectivity index (χ0v) is 7.58. The molecular formula is C10H7FN2O2. The van der Waals surface area contributed by atoms with Gasteiger partial charge in [-0.05, 0) is 18.2 Å². The first-order valence-corrected chi connectivity index (χ1v) is 4.21. The Morgan fingerprint density at radius 1 is 1.20 bits per heavy atom. The third-order valence-electron chi connectivity index (χ3n) is 2.04. The summed E-state index contributed by atoms with van der Waals surface area (Å²) in [5.74, 6) is -0.433. The van der Waals surface area contributed by atoms with Crippen molar-refractivity contribution in [2.24, 2.45) is 0 Å². The maximum absolute atomic E-state index is 12.8. The zero-order chi connectivity index (χ0) is 11.0. The summed E-state index contributed by atoms with van der Waals surface area (Å²) in [6.45, 7) is 0. The molecule has 0 atom stereocenters. The molecule has 2 rings (SSSR count). The minimum atomic E-state index is -0.700. The van der Waals surface area contributed by atoms with Crippen LogP contribution in [0.4, 0.5) is 21.5 Å². The van der Waals surface area contributed by atoms with E-state index in [1.165, 1.54) is 18.2 Å². The second-order valence-electron chi connectivity index (χ2n) is 3.08. The van der Waals surface area contributed by atoms with Crippen molar-refractivity contribution < 1.29 is 4.39 Å². The number of nitrogen functional groups attached to an aromatic ring is 1. The van der Waals surface area contributed by atoms with Crippen molar-refractivity contribution in [1.82, 2.24) is 0 Å². The van der Waals surface area contributed by atoms with Gasteiger partial charge in [-0.2, -0.15) is 0 Å². The Bertz CT molecular complexity index is 585. The molecule has 76 valence electrons. The van der Waals surface area contributed by atoms with E-state index in [4.69, 9.17) is 5.73 Å². The fourth-order valence-electron chi connectivity index (χ4n) is 1.24. The average Bonchev–Trinajstić information content (AvgIpc) is 2.24. The van der Waals surface area contributed by atoms with Gasteiger partial charge in [-0.15, -0.1) is 0 Å². The molecule has 4 nitrogen and oxygen atoms in total. The van der Waals surface area contributed by atoms with E-state index < -0.39 is 16.7 Å². The molecule has 0 spiro atoms. The molecule has 0 aliphatic carbocycles. The maximum Gasteiger partial charge on any atom is 0.253 e. The van der Waals surface area contributed by atoms with Crippen LogP contribution in [0.15, 0.2) is 33.9 Å². The van der Waals surface area contributed by atoms with Crippen LogP contribution >= 0.6 is 0 Å². The van der Waals surface area contributed by atoms with Crippen LogP contribution < -0.4 is 21.9 Å². The minimum absolute atomic E-state index is 0.0330. The van der Waals surface area contributed by atoms with Gasteiger partial charge in [-0.3, -0.25) is 9.59 Å². The van der Waals surface area contributed by atoms with Crippen LogP contribution in [-0.4, -0.2) is 0 Å². The molecule has 5 heteroatoms. The largest absolute Gasteiger partial charge is 0.394 e. The van der Waals surface area contributed by atoms with Crippen molar-refractivity contribution in [3.8, 4) is 0 Å². The van der Waals surface area contributed by atoms with Gasteiger partial charge in [0.15, 0.2) is 0 Å². The molecule has 0 radical (unpaired) electrons. The van der Waals surface area contributed by atoms with Gasteiger partial charge in [0.05, 0.1) is 0 Å². The lowest BCUT2D eigenvalue weighted by Crippen LogP contribution is -2.36. The molecule has 15 heavy (non-hydrogen) atoms. The lowest BCUT2D eigenvalue weighted by atomic mass is 10.2. The lowest BCUT2D eigenvalue weighted by molar-refractivity contribution is 0.628. The molecule has 0 bridgehead atoms. The number of nitrogens with one attached hydrogen (secondary N) is 1. The van der Waals surface area contributed by atoms with Gasteiger partial charge in [0.2, 0.25) is 0 Å². The Kier molecular flexibility index (Phi) is 2.00. The number of nitrogens with two attached hydrogens (primary N) is 1. The van der Waals surface area contributed by atoms with Gasteiger partial charge in [-0.1, -0.05) is 6.07 Å². The average molecular weight is 206 g/mol. The minimum Gasteiger partial charge on any atom is -0.394 e. The van der Waals surface area contributed by atoms with E-state index in [0.717, 1.165) is 0 Å². The predicted octanol–water partition coefficient (Wildman–Crippen LogP) is 0.747. The molecule has 0 heterocycles. The molecule has 0 fully saturated rings. The molecule has 3 N–H and O–H groups in total. The van der Waals surface area contributed by atoms with E-state index in [1.54, 1.807) is 6.07 Å². The number of benzene rings is 1. The van der Waals surface area contributed by atoms with E-state index in [2.05, 4.69) is 5.32 Å². The van der Waals surface area contributed by atoms with Crippen LogP contribution in [0.2, 0.25) is 0 Å². The SMILES string of the molecule is Nc1c(Nc2cccc(F)c2)c(=O)c1=O. The maximum atomic E-state index is 12.8. The van der Waals surface area contributed by atoms with E-state index in [1.807, 2.05) is 0 Å². The molecule has 0 aromatic heterocycles. The molecule has 2 aromatic rings. The Morgan fingerprint density at radius 3 is 2.53 bits per heavy atom.